The standard InChI is InChI=1S/C14H21NO5/c1-9(2)12-11-5-4-6-14(11,20-15-12)13(17)19-8-7-18-10(3)16/h9,11H,4-8H2,1-3H3. The fraction of sp³-hybridized carbons (Fsp3) is 0.786. The van der Waals surface area contributed by atoms with Gasteiger partial charge in [-0.25, -0.2) is 4.79 Å². The third-order valence-electron chi connectivity index (χ3n) is 3.83. The second-order valence-corrected chi connectivity index (χ2v) is 5.57. The van der Waals surface area contributed by atoms with Gasteiger partial charge in [-0.15, -0.1) is 0 Å². The van der Waals surface area contributed by atoms with Crippen LogP contribution < -0.4 is 0 Å². The van der Waals surface area contributed by atoms with Crippen LogP contribution in [0.5, 0.6) is 0 Å². The smallest absolute Gasteiger partial charge is 0.354 e. The molecule has 1 aliphatic carbocycles. The van der Waals surface area contributed by atoms with Gasteiger partial charge < -0.3 is 14.3 Å². The predicted octanol–water partition coefficient (Wildman–Crippen LogP) is 1.67. The molecule has 0 bridgehead atoms. The minimum atomic E-state index is -0.949. The second-order valence-electron chi connectivity index (χ2n) is 5.57. The van der Waals surface area contributed by atoms with E-state index >= 15 is 0 Å². The van der Waals surface area contributed by atoms with Crippen molar-refractivity contribution < 1.29 is 23.9 Å². The molecule has 1 saturated carbocycles. The summed E-state index contributed by atoms with van der Waals surface area (Å²) in [5.74, 6) is -0.510. The molecule has 0 spiro atoms. The van der Waals surface area contributed by atoms with E-state index in [0.29, 0.717) is 6.42 Å². The predicted molar refractivity (Wildman–Crippen MR) is 71.0 cm³/mol. The van der Waals surface area contributed by atoms with Gasteiger partial charge in [-0.2, -0.15) is 0 Å². The first-order valence-corrected chi connectivity index (χ1v) is 7.04. The maximum atomic E-state index is 12.3. The van der Waals surface area contributed by atoms with E-state index in [9.17, 15) is 9.59 Å². The highest BCUT2D eigenvalue weighted by Crippen LogP contribution is 2.46. The molecule has 6 nitrogen and oxygen atoms in total. The van der Waals surface area contributed by atoms with Crippen LogP contribution in [0.4, 0.5) is 0 Å². The van der Waals surface area contributed by atoms with E-state index in [1.165, 1.54) is 6.92 Å². The topological polar surface area (TPSA) is 74.2 Å². The summed E-state index contributed by atoms with van der Waals surface area (Å²) in [5.41, 5.74) is -0.00466. The van der Waals surface area contributed by atoms with Crippen LogP contribution in [0.3, 0.4) is 0 Å². The molecule has 0 aromatic heterocycles. The lowest BCUT2D eigenvalue weighted by Gasteiger charge is -2.25. The molecule has 0 saturated heterocycles. The van der Waals surface area contributed by atoms with Gasteiger partial charge in [0.25, 0.3) is 0 Å². The Morgan fingerprint density at radius 1 is 1.40 bits per heavy atom. The zero-order valence-corrected chi connectivity index (χ0v) is 12.2. The highest BCUT2D eigenvalue weighted by molar-refractivity contribution is 5.97. The Bertz CT molecular complexity index is 431. The van der Waals surface area contributed by atoms with Crippen molar-refractivity contribution in [1.29, 1.82) is 0 Å². The van der Waals surface area contributed by atoms with Crippen molar-refractivity contribution in [3.63, 3.8) is 0 Å². The molecular formula is C14H21NO5. The van der Waals surface area contributed by atoms with E-state index in [1.54, 1.807) is 0 Å². The zero-order chi connectivity index (χ0) is 14.8. The Labute approximate surface area is 118 Å². The van der Waals surface area contributed by atoms with E-state index in [2.05, 4.69) is 5.16 Å². The maximum absolute atomic E-state index is 12.3. The van der Waals surface area contributed by atoms with Gasteiger partial charge in [-0.1, -0.05) is 19.0 Å². The number of ether oxygens (including phenoxy) is 2. The second kappa shape index (κ2) is 5.81. The molecule has 2 unspecified atom stereocenters. The number of hydrogen-bond acceptors (Lipinski definition) is 6. The van der Waals surface area contributed by atoms with Gasteiger partial charge in [0.1, 0.15) is 13.2 Å². The van der Waals surface area contributed by atoms with Crippen molar-refractivity contribution >= 4 is 17.7 Å². The van der Waals surface area contributed by atoms with E-state index in [-0.39, 0.29) is 31.0 Å². The zero-order valence-electron chi connectivity index (χ0n) is 12.2. The molecule has 20 heavy (non-hydrogen) atoms. The summed E-state index contributed by atoms with van der Waals surface area (Å²) < 4.78 is 9.93. The molecule has 1 fully saturated rings. The molecule has 1 heterocycles. The quantitative estimate of drug-likeness (QED) is 0.567. The number of fused-ring (bicyclic) bond motifs is 1. The maximum Gasteiger partial charge on any atom is 0.354 e. The largest absolute Gasteiger partial charge is 0.462 e. The first-order valence-electron chi connectivity index (χ1n) is 7.04. The van der Waals surface area contributed by atoms with E-state index in [0.717, 1.165) is 18.6 Å². The molecule has 0 radical (unpaired) electrons. The summed E-state index contributed by atoms with van der Waals surface area (Å²) in [6.07, 6.45) is 2.45. The van der Waals surface area contributed by atoms with E-state index in [4.69, 9.17) is 14.3 Å². The average Bonchev–Trinajstić information content (AvgIpc) is 2.92. The van der Waals surface area contributed by atoms with Gasteiger partial charge in [0.15, 0.2) is 0 Å². The van der Waals surface area contributed by atoms with Crippen LogP contribution in [-0.4, -0.2) is 36.5 Å². The van der Waals surface area contributed by atoms with Gasteiger partial charge in [-0.3, -0.25) is 4.79 Å². The van der Waals surface area contributed by atoms with E-state index in [1.807, 2.05) is 13.8 Å². The van der Waals surface area contributed by atoms with Gasteiger partial charge in [0.05, 0.1) is 11.6 Å². The molecule has 112 valence electrons. The highest BCUT2D eigenvalue weighted by atomic mass is 16.7. The normalized spacial score (nSPS) is 27.8. The Balaban J connectivity index is 1.94. The first-order chi connectivity index (χ1) is 9.47. The van der Waals surface area contributed by atoms with Crippen molar-refractivity contribution in [3.8, 4) is 0 Å². The van der Waals surface area contributed by atoms with Crippen LogP contribution in [0.1, 0.15) is 40.0 Å². The SMILES string of the molecule is CC(=O)OCCOC(=O)C12CCCC1C(C(C)C)=NO2. The Hall–Kier alpha value is -1.59. The molecule has 0 amide bonds. The van der Waals surface area contributed by atoms with E-state index < -0.39 is 11.6 Å². The number of carbonyl (C=O) groups excluding carboxylic acids is 2. The number of carbonyl (C=O) groups is 2. The fourth-order valence-electron chi connectivity index (χ4n) is 2.90. The monoisotopic (exact) mass is 283 g/mol. The summed E-state index contributed by atoms with van der Waals surface area (Å²) in [6, 6.07) is 0. The molecule has 6 heteroatoms. The van der Waals surface area contributed by atoms with Crippen LogP contribution >= 0.6 is 0 Å². The molecule has 2 aliphatic rings. The van der Waals surface area contributed by atoms with Gasteiger partial charge in [0, 0.05) is 13.3 Å². The van der Waals surface area contributed by atoms with Crippen LogP contribution in [0.2, 0.25) is 0 Å². The summed E-state index contributed by atoms with van der Waals surface area (Å²) in [5, 5.41) is 4.10. The Kier molecular flexibility index (Phi) is 4.30. The van der Waals surface area contributed by atoms with Crippen LogP contribution in [-0.2, 0) is 23.9 Å². The van der Waals surface area contributed by atoms with Crippen molar-refractivity contribution in [2.45, 2.75) is 45.6 Å². The van der Waals surface area contributed by atoms with Crippen LogP contribution in [0.15, 0.2) is 5.16 Å². The fourth-order valence-corrected chi connectivity index (χ4v) is 2.90. The highest BCUT2D eigenvalue weighted by Gasteiger charge is 2.59. The summed E-state index contributed by atoms with van der Waals surface area (Å²) in [4.78, 5) is 28.4. The van der Waals surface area contributed by atoms with Crippen molar-refractivity contribution in [2.75, 3.05) is 13.2 Å². The minimum absolute atomic E-state index is 0.0173. The number of esters is 2. The molecule has 1 aliphatic heterocycles. The third-order valence-corrected chi connectivity index (χ3v) is 3.83. The average molecular weight is 283 g/mol. The van der Waals surface area contributed by atoms with Gasteiger partial charge in [-0.05, 0) is 18.8 Å². The molecule has 2 atom stereocenters. The summed E-state index contributed by atoms with van der Waals surface area (Å²) in [7, 11) is 0. The molecule has 2 rings (SSSR count). The number of hydrogen-bond donors (Lipinski definition) is 0. The first kappa shape index (κ1) is 14.8. The van der Waals surface area contributed by atoms with Gasteiger partial charge in [0.2, 0.25) is 5.60 Å². The molecule has 0 aromatic rings. The van der Waals surface area contributed by atoms with Crippen molar-refractivity contribution in [2.24, 2.45) is 17.0 Å². The third kappa shape index (κ3) is 2.64. The lowest BCUT2D eigenvalue weighted by atomic mass is 9.83. The van der Waals surface area contributed by atoms with Gasteiger partial charge >= 0.3 is 11.9 Å². The van der Waals surface area contributed by atoms with Crippen molar-refractivity contribution in [1.82, 2.24) is 0 Å². The lowest BCUT2D eigenvalue weighted by Crippen LogP contribution is -2.45. The molecular weight excluding hydrogens is 262 g/mol. The minimum Gasteiger partial charge on any atom is -0.462 e. The lowest BCUT2D eigenvalue weighted by molar-refractivity contribution is -0.174. The molecule has 0 N–H and O–H groups in total. The van der Waals surface area contributed by atoms with Crippen molar-refractivity contribution in [3.05, 3.63) is 0 Å². The number of rotatable bonds is 5. The Morgan fingerprint density at radius 2 is 2.10 bits per heavy atom. The number of nitrogens with zero attached hydrogens (tertiary/aromatic N) is 1. The summed E-state index contributed by atoms with van der Waals surface area (Å²) in [6.45, 7) is 5.52. The Morgan fingerprint density at radius 3 is 2.75 bits per heavy atom. The number of oxime groups is 1. The van der Waals surface area contributed by atoms with Crippen LogP contribution in [0, 0.1) is 11.8 Å². The summed E-state index contributed by atoms with van der Waals surface area (Å²) >= 11 is 0. The molecule has 0 aromatic carbocycles. The van der Waals surface area contributed by atoms with Crippen LogP contribution in [0.25, 0.3) is 0 Å².